The molecule has 0 spiro atoms. The van der Waals surface area contributed by atoms with Crippen LogP contribution in [0.1, 0.15) is 18.3 Å². The molecule has 0 aromatic carbocycles. The minimum atomic E-state index is -0.383. The van der Waals surface area contributed by atoms with Crippen LogP contribution in [0.25, 0.3) is 0 Å². The van der Waals surface area contributed by atoms with Gasteiger partial charge >= 0.3 is 0 Å². The molecule has 3 N–H and O–H groups in total. The Morgan fingerprint density at radius 1 is 1.65 bits per heavy atom. The lowest BCUT2D eigenvalue weighted by Crippen LogP contribution is -2.48. The van der Waals surface area contributed by atoms with Gasteiger partial charge in [0.05, 0.1) is 23.0 Å². The molecule has 0 aliphatic carbocycles. The third kappa shape index (κ3) is 3.05. The van der Waals surface area contributed by atoms with Crippen LogP contribution in [0.2, 0.25) is 5.02 Å². The van der Waals surface area contributed by atoms with E-state index in [9.17, 15) is 0 Å². The van der Waals surface area contributed by atoms with Gasteiger partial charge in [-0.15, -0.1) is 0 Å². The molecule has 1 atom stereocenters. The lowest BCUT2D eigenvalue weighted by molar-refractivity contribution is 0.000520. The maximum atomic E-state index is 8.72. The monoisotopic (exact) mass is 301 g/mol. The van der Waals surface area contributed by atoms with Gasteiger partial charge < -0.3 is 15.7 Å². The molecule has 1 aliphatic rings. The quantitative estimate of drug-likeness (QED) is 0.372. The molecule has 8 heteroatoms. The molecule has 1 unspecified atom stereocenters. The standard InChI is InChI=1S/C12H20ClN5O2/c1-3-18-9(11(13)8(2)15-18)6-17-4-5-20-10(7-17)12(14)16-19/h10,19H,3-7H2,1-2H3,(H2,14,16). The zero-order chi connectivity index (χ0) is 14.7. The Balaban J connectivity index is 2.10. The molecule has 0 radical (unpaired) electrons. The van der Waals surface area contributed by atoms with Crippen LogP contribution in [0.15, 0.2) is 5.16 Å². The lowest BCUT2D eigenvalue weighted by atomic mass is 10.2. The third-order valence-electron chi connectivity index (χ3n) is 3.42. The lowest BCUT2D eigenvalue weighted by Gasteiger charge is -2.32. The zero-order valence-corrected chi connectivity index (χ0v) is 12.5. The number of aryl methyl sites for hydroxylation is 2. The van der Waals surface area contributed by atoms with Crippen LogP contribution in [0.5, 0.6) is 0 Å². The summed E-state index contributed by atoms with van der Waals surface area (Å²) in [6, 6.07) is 0. The highest BCUT2D eigenvalue weighted by Crippen LogP contribution is 2.22. The van der Waals surface area contributed by atoms with Crippen LogP contribution in [0.3, 0.4) is 0 Å². The second kappa shape index (κ2) is 6.43. The van der Waals surface area contributed by atoms with Crippen molar-refractivity contribution in [2.45, 2.75) is 33.0 Å². The molecule has 1 aliphatic heterocycles. The number of rotatable bonds is 4. The molecule has 112 valence electrons. The fourth-order valence-electron chi connectivity index (χ4n) is 2.32. The van der Waals surface area contributed by atoms with E-state index in [0.717, 1.165) is 24.5 Å². The minimum absolute atomic E-state index is 0.0981. The Morgan fingerprint density at radius 2 is 2.40 bits per heavy atom. The van der Waals surface area contributed by atoms with Crippen molar-refractivity contribution in [2.24, 2.45) is 10.9 Å². The number of amidine groups is 1. The summed E-state index contributed by atoms with van der Waals surface area (Å²) in [5, 5.41) is 16.8. The van der Waals surface area contributed by atoms with Crippen LogP contribution >= 0.6 is 11.6 Å². The summed E-state index contributed by atoms with van der Waals surface area (Å²) >= 11 is 6.31. The van der Waals surface area contributed by atoms with E-state index in [2.05, 4.69) is 15.2 Å². The molecule has 0 bridgehead atoms. The van der Waals surface area contributed by atoms with Gasteiger partial charge in [-0.2, -0.15) is 5.10 Å². The van der Waals surface area contributed by atoms with E-state index in [1.165, 1.54) is 0 Å². The van der Waals surface area contributed by atoms with Crippen LogP contribution < -0.4 is 5.73 Å². The Bertz CT molecular complexity index is 502. The first-order chi connectivity index (χ1) is 9.56. The molecular weight excluding hydrogens is 282 g/mol. The summed E-state index contributed by atoms with van der Waals surface area (Å²) in [5.74, 6) is 0.0981. The average Bonchev–Trinajstić information content (AvgIpc) is 2.74. The second-order valence-corrected chi connectivity index (χ2v) is 5.16. The van der Waals surface area contributed by atoms with Gasteiger partial charge in [-0.25, -0.2) is 0 Å². The molecule has 2 rings (SSSR count). The summed E-state index contributed by atoms with van der Waals surface area (Å²) in [7, 11) is 0. The fraction of sp³-hybridized carbons (Fsp3) is 0.667. The molecule has 20 heavy (non-hydrogen) atoms. The molecule has 1 saturated heterocycles. The number of aromatic nitrogens is 2. The maximum Gasteiger partial charge on any atom is 0.169 e. The molecule has 1 aromatic heterocycles. The van der Waals surface area contributed by atoms with E-state index in [0.29, 0.717) is 24.7 Å². The van der Waals surface area contributed by atoms with Crippen molar-refractivity contribution < 1.29 is 9.94 Å². The fourth-order valence-corrected chi connectivity index (χ4v) is 2.52. The number of oxime groups is 1. The van der Waals surface area contributed by atoms with Crippen molar-refractivity contribution in [1.82, 2.24) is 14.7 Å². The Morgan fingerprint density at radius 3 is 3.05 bits per heavy atom. The molecule has 7 nitrogen and oxygen atoms in total. The molecule has 0 saturated carbocycles. The highest BCUT2D eigenvalue weighted by atomic mass is 35.5. The van der Waals surface area contributed by atoms with Crippen molar-refractivity contribution in [3.63, 3.8) is 0 Å². The Kier molecular flexibility index (Phi) is 4.85. The number of nitrogens with two attached hydrogens (primary N) is 1. The van der Waals surface area contributed by atoms with E-state index in [4.69, 9.17) is 27.3 Å². The van der Waals surface area contributed by atoms with Crippen molar-refractivity contribution in [3.8, 4) is 0 Å². The van der Waals surface area contributed by atoms with Crippen molar-refractivity contribution in [3.05, 3.63) is 16.4 Å². The molecule has 2 heterocycles. The summed E-state index contributed by atoms with van der Waals surface area (Å²) in [4.78, 5) is 2.17. The average molecular weight is 302 g/mol. The topological polar surface area (TPSA) is 88.9 Å². The van der Waals surface area contributed by atoms with Crippen LogP contribution in [-0.4, -0.2) is 51.5 Å². The first kappa shape index (κ1) is 15.1. The summed E-state index contributed by atoms with van der Waals surface area (Å²) in [6.07, 6.45) is -0.383. The van der Waals surface area contributed by atoms with E-state index in [1.807, 2.05) is 18.5 Å². The van der Waals surface area contributed by atoms with Gasteiger partial charge in [0, 0.05) is 26.2 Å². The Labute approximate surface area is 122 Å². The van der Waals surface area contributed by atoms with Crippen LogP contribution in [-0.2, 0) is 17.8 Å². The van der Waals surface area contributed by atoms with E-state index >= 15 is 0 Å². The molecule has 1 aromatic rings. The van der Waals surface area contributed by atoms with Gasteiger partial charge in [0.1, 0.15) is 6.10 Å². The predicted molar refractivity (Wildman–Crippen MR) is 76.1 cm³/mol. The van der Waals surface area contributed by atoms with Gasteiger partial charge in [-0.3, -0.25) is 9.58 Å². The van der Waals surface area contributed by atoms with E-state index < -0.39 is 0 Å². The largest absolute Gasteiger partial charge is 0.409 e. The number of ether oxygens (including phenoxy) is 1. The van der Waals surface area contributed by atoms with Gasteiger partial charge in [-0.05, 0) is 13.8 Å². The van der Waals surface area contributed by atoms with Crippen LogP contribution in [0.4, 0.5) is 0 Å². The van der Waals surface area contributed by atoms with E-state index in [1.54, 1.807) is 0 Å². The maximum absolute atomic E-state index is 8.72. The minimum Gasteiger partial charge on any atom is -0.409 e. The summed E-state index contributed by atoms with van der Waals surface area (Å²) in [5.41, 5.74) is 7.43. The van der Waals surface area contributed by atoms with Crippen molar-refractivity contribution >= 4 is 17.4 Å². The number of halogens is 1. The van der Waals surface area contributed by atoms with Gasteiger partial charge in [-0.1, -0.05) is 16.8 Å². The molecule has 0 amide bonds. The number of morpholine rings is 1. The van der Waals surface area contributed by atoms with Gasteiger partial charge in [0.25, 0.3) is 0 Å². The zero-order valence-electron chi connectivity index (χ0n) is 11.7. The first-order valence-corrected chi connectivity index (χ1v) is 6.97. The molecule has 1 fully saturated rings. The van der Waals surface area contributed by atoms with Gasteiger partial charge in [0.15, 0.2) is 5.84 Å². The van der Waals surface area contributed by atoms with Crippen LogP contribution in [0, 0.1) is 6.92 Å². The number of hydrogen-bond donors (Lipinski definition) is 2. The Hall–Kier alpha value is -1.31. The highest BCUT2D eigenvalue weighted by Gasteiger charge is 2.25. The normalized spacial score (nSPS) is 21.4. The third-order valence-corrected chi connectivity index (χ3v) is 3.91. The number of nitrogens with zero attached hydrogens (tertiary/aromatic N) is 4. The highest BCUT2D eigenvalue weighted by molar-refractivity contribution is 6.31. The van der Waals surface area contributed by atoms with Crippen molar-refractivity contribution in [2.75, 3.05) is 19.7 Å². The SMILES string of the molecule is CCn1nc(C)c(Cl)c1CN1CCOC(C(N)=NO)C1. The summed E-state index contributed by atoms with van der Waals surface area (Å²) < 4.78 is 7.39. The van der Waals surface area contributed by atoms with Crippen molar-refractivity contribution in [1.29, 1.82) is 0 Å². The predicted octanol–water partition coefficient (Wildman–Crippen LogP) is 0.812. The first-order valence-electron chi connectivity index (χ1n) is 6.60. The number of hydrogen-bond acceptors (Lipinski definition) is 5. The smallest absolute Gasteiger partial charge is 0.169 e. The second-order valence-electron chi connectivity index (χ2n) is 4.78. The molecular formula is C12H20ClN5O2. The van der Waals surface area contributed by atoms with Gasteiger partial charge in [0.2, 0.25) is 0 Å². The van der Waals surface area contributed by atoms with E-state index in [-0.39, 0.29) is 11.9 Å². The summed E-state index contributed by atoms with van der Waals surface area (Å²) in [6.45, 7) is 7.27.